The Labute approximate surface area is 113 Å². The van der Waals surface area contributed by atoms with Gasteiger partial charge in [0.2, 0.25) is 11.8 Å². The van der Waals surface area contributed by atoms with E-state index in [-0.39, 0.29) is 18.2 Å². The fourth-order valence-electron chi connectivity index (χ4n) is 2.08. The molecule has 5 nitrogen and oxygen atoms in total. The van der Waals surface area contributed by atoms with Crippen molar-refractivity contribution in [2.24, 2.45) is 0 Å². The molecule has 1 aliphatic rings. The Morgan fingerprint density at radius 3 is 2.89 bits per heavy atom. The second kappa shape index (κ2) is 6.33. The number of benzene rings is 1. The van der Waals surface area contributed by atoms with Gasteiger partial charge in [-0.05, 0) is 5.56 Å². The van der Waals surface area contributed by atoms with Crippen molar-refractivity contribution in [2.45, 2.75) is 19.0 Å². The molecule has 1 heterocycles. The minimum Gasteiger partial charge on any atom is -0.352 e. The maximum atomic E-state index is 11.8. The van der Waals surface area contributed by atoms with Crippen LogP contribution < -0.4 is 10.6 Å². The molecule has 1 saturated heterocycles. The second-order valence-electron chi connectivity index (χ2n) is 4.73. The Morgan fingerprint density at radius 1 is 1.42 bits per heavy atom. The predicted octanol–water partition coefficient (Wildman–Crippen LogP) is 0.123. The summed E-state index contributed by atoms with van der Waals surface area (Å²) in [4.78, 5) is 25.3. The van der Waals surface area contributed by atoms with E-state index >= 15 is 0 Å². The van der Waals surface area contributed by atoms with E-state index in [1.807, 2.05) is 30.3 Å². The number of rotatable bonds is 4. The number of likely N-dealkylation sites (N-methyl/N-ethyl adjacent to an activating group) is 1. The van der Waals surface area contributed by atoms with Crippen molar-refractivity contribution >= 4 is 11.8 Å². The summed E-state index contributed by atoms with van der Waals surface area (Å²) < 4.78 is 0. The highest BCUT2D eigenvalue weighted by Gasteiger charge is 2.27. The van der Waals surface area contributed by atoms with Crippen molar-refractivity contribution in [3.05, 3.63) is 35.9 Å². The standard InChI is InChI=1S/C14H19N3O2/c1-17-8-7-15-12(14(17)19)9-13(18)16-10-11-5-3-2-4-6-11/h2-6,12,15H,7-10H2,1H3,(H,16,18). The number of carbonyl (C=O) groups excluding carboxylic acids is 2. The third kappa shape index (κ3) is 3.79. The van der Waals surface area contributed by atoms with Crippen LogP contribution in [0.25, 0.3) is 0 Å². The summed E-state index contributed by atoms with van der Waals surface area (Å²) >= 11 is 0. The first-order chi connectivity index (χ1) is 9.16. The van der Waals surface area contributed by atoms with E-state index in [0.717, 1.165) is 12.1 Å². The van der Waals surface area contributed by atoms with Crippen molar-refractivity contribution in [1.82, 2.24) is 15.5 Å². The molecule has 0 aromatic heterocycles. The lowest BCUT2D eigenvalue weighted by Gasteiger charge is -2.29. The van der Waals surface area contributed by atoms with Crippen LogP contribution in [0.1, 0.15) is 12.0 Å². The van der Waals surface area contributed by atoms with Crippen LogP contribution in [0, 0.1) is 0 Å². The molecule has 1 unspecified atom stereocenters. The van der Waals surface area contributed by atoms with Crippen LogP contribution >= 0.6 is 0 Å². The number of hydrogen-bond donors (Lipinski definition) is 2. The normalized spacial score (nSPS) is 19.3. The smallest absolute Gasteiger partial charge is 0.240 e. The van der Waals surface area contributed by atoms with Crippen LogP contribution in [0.5, 0.6) is 0 Å². The lowest BCUT2D eigenvalue weighted by Crippen LogP contribution is -2.54. The van der Waals surface area contributed by atoms with Crippen LogP contribution in [-0.4, -0.2) is 42.9 Å². The monoisotopic (exact) mass is 261 g/mol. The molecule has 0 saturated carbocycles. The van der Waals surface area contributed by atoms with Crippen LogP contribution in [0.2, 0.25) is 0 Å². The zero-order chi connectivity index (χ0) is 13.7. The van der Waals surface area contributed by atoms with E-state index in [0.29, 0.717) is 13.1 Å². The molecule has 1 fully saturated rings. The summed E-state index contributed by atoms with van der Waals surface area (Å²) in [6, 6.07) is 9.32. The third-order valence-corrected chi connectivity index (χ3v) is 3.23. The zero-order valence-corrected chi connectivity index (χ0v) is 11.1. The van der Waals surface area contributed by atoms with Gasteiger partial charge in [-0.15, -0.1) is 0 Å². The number of nitrogens with one attached hydrogen (secondary N) is 2. The van der Waals surface area contributed by atoms with Gasteiger partial charge in [-0.3, -0.25) is 9.59 Å². The van der Waals surface area contributed by atoms with Gasteiger partial charge in [-0.2, -0.15) is 0 Å². The van der Waals surface area contributed by atoms with Crippen molar-refractivity contribution in [2.75, 3.05) is 20.1 Å². The van der Waals surface area contributed by atoms with Crippen LogP contribution in [0.15, 0.2) is 30.3 Å². The second-order valence-corrected chi connectivity index (χ2v) is 4.73. The van der Waals surface area contributed by atoms with E-state index < -0.39 is 6.04 Å². The molecule has 2 N–H and O–H groups in total. The fraction of sp³-hybridized carbons (Fsp3) is 0.429. The van der Waals surface area contributed by atoms with Gasteiger partial charge in [0, 0.05) is 26.7 Å². The lowest BCUT2D eigenvalue weighted by atomic mass is 10.1. The van der Waals surface area contributed by atoms with Gasteiger partial charge in [0.05, 0.1) is 12.5 Å². The Morgan fingerprint density at radius 2 is 2.16 bits per heavy atom. The first-order valence-electron chi connectivity index (χ1n) is 6.46. The maximum absolute atomic E-state index is 11.8. The molecule has 0 radical (unpaired) electrons. The molecule has 1 atom stereocenters. The molecule has 0 bridgehead atoms. The molecular weight excluding hydrogens is 242 g/mol. The average molecular weight is 261 g/mol. The Kier molecular flexibility index (Phi) is 4.52. The highest BCUT2D eigenvalue weighted by molar-refractivity contribution is 5.88. The van der Waals surface area contributed by atoms with Gasteiger partial charge >= 0.3 is 0 Å². The van der Waals surface area contributed by atoms with Crippen LogP contribution in [-0.2, 0) is 16.1 Å². The minimum atomic E-state index is -0.394. The largest absolute Gasteiger partial charge is 0.352 e. The zero-order valence-electron chi connectivity index (χ0n) is 11.1. The third-order valence-electron chi connectivity index (χ3n) is 3.23. The van der Waals surface area contributed by atoms with Gasteiger partial charge in [0.1, 0.15) is 0 Å². The minimum absolute atomic E-state index is 0.0129. The molecule has 1 aromatic rings. The molecule has 1 aliphatic heterocycles. The van der Waals surface area contributed by atoms with Gasteiger partial charge in [0.15, 0.2) is 0 Å². The Bertz CT molecular complexity index is 447. The summed E-state index contributed by atoms with van der Waals surface area (Å²) in [5, 5.41) is 5.91. The molecular formula is C14H19N3O2. The molecule has 5 heteroatoms. The average Bonchev–Trinajstić information content (AvgIpc) is 2.43. The topological polar surface area (TPSA) is 61.4 Å². The predicted molar refractivity (Wildman–Crippen MR) is 72.3 cm³/mol. The Hall–Kier alpha value is -1.88. The highest BCUT2D eigenvalue weighted by atomic mass is 16.2. The van der Waals surface area contributed by atoms with E-state index in [4.69, 9.17) is 0 Å². The highest BCUT2D eigenvalue weighted by Crippen LogP contribution is 2.03. The lowest BCUT2D eigenvalue weighted by molar-refractivity contribution is -0.136. The molecule has 2 amide bonds. The van der Waals surface area contributed by atoms with Crippen molar-refractivity contribution < 1.29 is 9.59 Å². The van der Waals surface area contributed by atoms with Crippen LogP contribution in [0.4, 0.5) is 0 Å². The molecule has 19 heavy (non-hydrogen) atoms. The van der Waals surface area contributed by atoms with Gasteiger partial charge in [-0.25, -0.2) is 0 Å². The number of carbonyl (C=O) groups is 2. The first-order valence-corrected chi connectivity index (χ1v) is 6.46. The van der Waals surface area contributed by atoms with E-state index in [9.17, 15) is 9.59 Å². The number of hydrogen-bond acceptors (Lipinski definition) is 3. The van der Waals surface area contributed by atoms with E-state index in [1.54, 1.807) is 11.9 Å². The van der Waals surface area contributed by atoms with Crippen molar-refractivity contribution in [3.8, 4) is 0 Å². The fourth-order valence-corrected chi connectivity index (χ4v) is 2.08. The van der Waals surface area contributed by atoms with Gasteiger partial charge in [-0.1, -0.05) is 30.3 Å². The number of amides is 2. The van der Waals surface area contributed by atoms with E-state index in [2.05, 4.69) is 10.6 Å². The number of piperazine rings is 1. The first kappa shape index (κ1) is 13.5. The van der Waals surface area contributed by atoms with Crippen molar-refractivity contribution in [3.63, 3.8) is 0 Å². The van der Waals surface area contributed by atoms with E-state index in [1.165, 1.54) is 0 Å². The summed E-state index contributed by atoms with van der Waals surface area (Å²) in [7, 11) is 1.76. The summed E-state index contributed by atoms with van der Waals surface area (Å²) in [5.74, 6) is -0.119. The molecule has 0 spiro atoms. The number of nitrogens with zero attached hydrogens (tertiary/aromatic N) is 1. The SMILES string of the molecule is CN1CCNC(CC(=O)NCc2ccccc2)C1=O. The summed E-state index contributed by atoms with van der Waals surface area (Å²) in [6.07, 6.45) is 0.190. The summed E-state index contributed by atoms with van der Waals surface area (Å²) in [6.45, 7) is 1.93. The Balaban J connectivity index is 1.79. The molecule has 0 aliphatic carbocycles. The van der Waals surface area contributed by atoms with Gasteiger partial charge < -0.3 is 15.5 Å². The maximum Gasteiger partial charge on any atom is 0.240 e. The molecule has 102 valence electrons. The van der Waals surface area contributed by atoms with Crippen LogP contribution in [0.3, 0.4) is 0 Å². The van der Waals surface area contributed by atoms with Gasteiger partial charge in [0.25, 0.3) is 0 Å². The van der Waals surface area contributed by atoms with Crippen molar-refractivity contribution in [1.29, 1.82) is 0 Å². The molecule has 1 aromatic carbocycles. The summed E-state index contributed by atoms with van der Waals surface area (Å²) in [5.41, 5.74) is 1.05. The molecule has 2 rings (SSSR count). The quantitative estimate of drug-likeness (QED) is 0.809.